The lowest BCUT2D eigenvalue weighted by molar-refractivity contribution is -0.134. The highest BCUT2D eigenvalue weighted by molar-refractivity contribution is 6.17. The molecule has 1 saturated carbocycles. The molecule has 0 spiro atoms. The van der Waals surface area contributed by atoms with Gasteiger partial charge in [0.25, 0.3) is 0 Å². The maximum Gasteiger partial charge on any atom is 0.240 e. The Hall–Kier alpha value is -6.58. The van der Waals surface area contributed by atoms with Crippen molar-refractivity contribution in [3.63, 3.8) is 0 Å². The van der Waals surface area contributed by atoms with Crippen LogP contribution in [0, 0.1) is 17.2 Å². The molecule has 14 nitrogen and oxygen atoms in total. The normalized spacial score (nSPS) is 21.9. The molecule has 5 N–H and O–H groups in total. The second-order valence-corrected chi connectivity index (χ2v) is 18.3. The molecule has 1 aromatic heterocycles. The van der Waals surface area contributed by atoms with Gasteiger partial charge in [-0.2, -0.15) is 0 Å². The van der Waals surface area contributed by atoms with Crippen molar-refractivity contribution in [3.8, 4) is 17.2 Å². The number of amides is 4. The highest BCUT2D eigenvalue weighted by Gasteiger charge is 2.56. The lowest BCUT2D eigenvalue weighted by atomic mass is 9.90. The average molecular weight is 881 g/mol. The van der Waals surface area contributed by atoms with Crippen molar-refractivity contribution < 1.29 is 33.4 Å². The summed E-state index contributed by atoms with van der Waals surface area (Å²) in [5.41, 5.74) is 3.24. The summed E-state index contributed by atoms with van der Waals surface area (Å²) >= 11 is 0. The first kappa shape index (κ1) is 42.4. The zero-order valence-corrected chi connectivity index (χ0v) is 36.1. The quantitative estimate of drug-likeness (QED) is 0.0586. The van der Waals surface area contributed by atoms with Gasteiger partial charge in [-0.1, -0.05) is 12.1 Å². The molecule has 336 valence electrons. The first-order valence-corrected chi connectivity index (χ1v) is 22.8. The molecular weight excluding hydrogens is 828 g/mol. The highest BCUT2D eigenvalue weighted by atomic mass is 19.1. The Balaban J connectivity index is 0.675. The predicted molar refractivity (Wildman–Crippen MR) is 246 cm³/mol. The van der Waals surface area contributed by atoms with Crippen molar-refractivity contribution in [2.45, 2.75) is 62.9 Å². The van der Waals surface area contributed by atoms with E-state index < -0.39 is 23.0 Å². The Bertz CT molecular complexity index is 2600. The minimum atomic E-state index is -1.17. The molecule has 5 heterocycles. The average Bonchev–Trinajstić information content (AvgIpc) is 3.91. The fourth-order valence-electron chi connectivity index (χ4n) is 10.1. The Kier molecular flexibility index (Phi) is 11.6. The summed E-state index contributed by atoms with van der Waals surface area (Å²) in [7, 11) is 0. The number of phenols is 1. The molecule has 5 aromatic rings. The number of likely N-dealkylation sites (tertiary alicyclic amines) is 2. The number of anilines is 4. The summed E-state index contributed by atoms with van der Waals surface area (Å²) in [5.74, 6) is -0.0437. The third-order valence-electron chi connectivity index (χ3n) is 14.1. The van der Waals surface area contributed by atoms with Crippen molar-refractivity contribution in [3.05, 3.63) is 109 Å². The molecule has 5 aliphatic rings. The molecule has 1 unspecified atom stereocenters. The van der Waals surface area contributed by atoms with Gasteiger partial charge in [0.15, 0.2) is 0 Å². The van der Waals surface area contributed by atoms with Crippen LogP contribution in [0.4, 0.5) is 27.1 Å². The number of rotatable bonds is 14. The van der Waals surface area contributed by atoms with E-state index in [0.717, 1.165) is 75.6 Å². The number of aromatic hydroxyl groups is 1. The van der Waals surface area contributed by atoms with Crippen LogP contribution < -0.4 is 30.9 Å². The zero-order chi connectivity index (χ0) is 44.7. The molecule has 10 rings (SSSR count). The van der Waals surface area contributed by atoms with Gasteiger partial charge in [-0.05, 0) is 129 Å². The molecule has 5 fully saturated rings. The summed E-state index contributed by atoms with van der Waals surface area (Å²) < 4.78 is 19.6. The second kappa shape index (κ2) is 17.8. The summed E-state index contributed by atoms with van der Waals surface area (Å²) in [6, 6.07) is 26.9. The van der Waals surface area contributed by atoms with E-state index in [4.69, 9.17) is 4.74 Å². The maximum atomic E-state index is 13.3. The van der Waals surface area contributed by atoms with Crippen LogP contribution >= 0.6 is 0 Å². The minimum Gasteiger partial charge on any atom is -0.506 e. The van der Waals surface area contributed by atoms with Crippen LogP contribution in [0.2, 0.25) is 0 Å². The molecule has 4 saturated heterocycles. The number of carbonyl (C=O) groups excluding carboxylic acids is 4. The monoisotopic (exact) mass is 880 g/mol. The summed E-state index contributed by atoms with van der Waals surface area (Å²) in [5, 5.41) is 23.6. The summed E-state index contributed by atoms with van der Waals surface area (Å²) in [6.07, 6.45) is 6.80. The third kappa shape index (κ3) is 9.07. The molecule has 2 bridgehead atoms. The number of carbonyl (C=O) groups is 4. The maximum absolute atomic E-state index is 13.3. The molecular formula is C50H53FN8O6. The number of nitrogens with one attached hydrogen (secondary N) is 4. The van der Waals surface area contributed by atoms with Crippen molar-refractivity contribution in [1.82, 2.24) is 20.1 Å². The van der Waals surface area contributed by atoms with Gasteiger partial charge in [0.05, 0.1) is 17.1 Å². The standard InChI is InChI=1S/C50H53FN8O6/c51-33-3-7-35(8-4-33)54-48(63)50(18-19-50)49(64)55-36-9-11-39(12-10-36)65-45-15-20-53-42-27-43(44(60)26-41(42)45)57-22-16-31(17-23-57)28-59-30-37-25-38(59)29-58(37)24-21-52-34-5-1-32(2-6-34)40-13-14-46(61)56-47(40)62/h1-12,15,20,26-27,31,37-38,40,52,60H,13-14,16-19,21-25,28-30H2,(H,54,63)(H,55,64)(H,56,61,62)/t37-,38-,40?/m0/s1. The summed E-state index contributed by atoms with van der Waals surface area (Å²) in [4.78, 5) is 62.1. The minimum absolute atomic E-state index is 0.181. The van der Waals surface area contributed by atoms with E-state index >= 15 is 0 Å². The molecule has 4 aromatic carbocycles. The number of piperazine rings is 1. The number of benzene rings is 4. The number of phenolic OH excluding ortho intramolecular Hbond substituents is 1. The van der Waals surface area contributed by atoms with Crippen LogP contribution in [0.25, 0.3) is 10.9 Å². The van der Waals surface area contributed by atoms with E-state index in [9.17, 15) is 28.7 Å². The Morgan fingerprint density at radius 3 is 2.15 bits per heavy atom. The van der Waals surface area contributed by atoms with Gasteiger partial charge in [-0.15, -0.1) is 0 Å². The van der Waals surface area contributed by atoms with Crippen molar-refractivity contribution >= 4 is 57.3 Å². The van der Waals surface area contributed by atoms with Crippen LogP contribution in [0.5, 0.6) is 17.2 Å². The van der Waals surface area contributed by atoms with Crippen molar-refractivity contribution in [1.29, 1.82) is 0 Å². The molecule has 65 heavy (non-hydrogen) atoms. The first-order valence-electron chi connectivity index (χ1n) is 22.8. The van der Waals surface area contributed by atoms with Gasteiger partial charge in [-0.3, -0.25) is 39.3 Å². The van der Waals surface area contributed by atoms with E-state index in [1.54, 1.807) is 42.6 Å². The fraction of sp³-hybridized carbons (Fsp3) is 0.380. The van der Waals surface area contributed by atoms with Gasteiger partial charge < -0.3 is 30.7 Å². The van der Waals surface area contributed by atoms with Crippen LogP contribution in [0.1, 0.15) is 56.4 Å². The number of hydrogen-bond donors (Lipinski definition) is 5. The number of pyridine rings is 1. The lowest BCUT2D eigenvalue weighted by Crippen LogP contribution is -2.49. The van der Waals surface area contributed by atoms with Crippen LogP contribution in [0.15, 0.2) is 97.2 Å². The molecule has 15 heteroatoms. The first-order chi connectivity index (χ1) is 31.6. The molecule has 0 radical (unpaired) electrons. The molecule has 1 aliphatic carbocycles. The number of hydrogen-bond acceptors (Lipinski definition) is 11. The smallest absolute Gasteiger partial charge is 0.240 e. The topological polar surface area (TPSA) is 168 Å². The van der Waals surface area contributed by atoms with Crippen molar-refractivity contribution in [2.24, 2.45) is 11.3 Å². The zero-order valence-electron chi connectivity index (χ0n) is 36.1. The number of halogens is 1. The van der Waals surface area contributed by atoms with Crippen molar-refractivity contribution in [2.75, 3.05) is 66.7 Å². The number of nitrogens with zero attached hydrogens (tertiary/aromatic N) is 4. The number of aromatic nitrogens is 1. The Morgan fingerprint density at radius 2 is 1.49 bits per heavy atom. The van der Waals surface area contributed by atoms with Crippen LogP contribution in [-0.4, -0.2) is 101 Å². The van der Waals surface area contributed by atoms with E-state index in [1.807, 2.05) is 30.3 Å². The molecule has 3 atom stereocenters. The predicted octanol–water partition coefficient (Wildman–Crippen LogP) is 6.84. The van der Waals surface area contributed by atoms with Crippen LogP contribution in [-0.2, 0) is 19.2 Å². The van der Waals surface area contributed by atoms with Crippen LogP contribution in [0.3, 0.4) is 0 Å². The van der Waals surface area contributed by atoms with E-state index in [2.05, 4.69) is 41.0 Å². The van der Waals surface area contributed by atoms with E-state index in [0.29, 0.717) is 77.5 Å². The van der Waals surface area contributed by atoms with E-state index in [-0.39, 0.29) is 23.5 Å². The Morgan fingerprint density at radius 1 is 0.831 bits per heavy atom. The number of imide groups is 1. The number of fused-ring (bicyclic) bond motifs is 3. The van der Waals surface area contributed by atoms with Gasteiger partial charge in [0, 0.05) is 93.0 Å². The second-order valence-electron chi connectivity index (χ2n) is 18.3. The molecule has 4 aliphatic heterocycles. The fourth-order valence-corrected chi connectivity index (χ4v) is 10.1. The summed E-state index contributed by atoms with van der Waals surface area (Å²) in [6.45, 7) is 6.87. The largest absolute Gasteiger partial charge is 0.506 e. The SMILES string of the molecule is O=C1CCC(c2ccc(NCCN3C[C@@H]4C[C@H]3CN4CC3CCN(c4cc5nccc(Oc6ccc(NC(=O)C7(C(=O)Nc8ccc(F)cc8)CC7)cc6)c5cc4O)CC3)cc2)C(=O)N1. The molecule has 4 amide bonds. The lowest BCUT2D eigenvalue weighted by Gasteiger charge is -2.39. The van der Waals surface area contributed by atoms with E-state index in [1.165, 1.54) is 30.7 Å². The van der Waals surface area contributed by atoms with Gasteiger partial charge >= 0.3 is 0 Å². The van der Waals surface area contributed by atoms with Gasteiger partial charge in [-0.25, -0.2) is 4.39 Å². The van der Waals surface area contributed by atoms with Gasteiger partial charge in [0.1, 0.15) is 28.5 Å². The Labute approximate surface area is 376 Å². The number of ether oxygens (including phenoxy) is 1. The van der Waals surface area contributed by atoms with Gasteiger partial charge in [0.2, 0.25) is 23.6 Å². The third-order valence-corrected chi connectivity index (χ3v) is 14.1. The number of piperidine rings is 2. The highest BCUT2D eigenvalue weighted by Crippen LogP contribution is 2.48.